The summed E-state index contributed by atoms with van der Waals surface area (Å²) in [4.78, 5) is 0.674. The summed E-state index contributed by atoms with van der Waals surface area (Å²) >= 11 is 5.93. The Kier molecular flexibility index (Phi) is 2.58. The second kappa shape index (κ2) is 3.63. The van der Waals surface area contributed by atoms with E-state index in [1.807, 2.05) is 0 Å². The average molecular weight is 244 g/mol. The second-order valence-corrected chi connectivity index (χ2v) is 5.67. The number of hydrogen-bond acceptors (Lipinski definition) is 3. The largest absolute Gasteiger partial charge is 0.315 e. The van der Waals surface area contributed by atoms with E-state index in [0.29, 0.717) is 26.9 Å². The first kappa shape index (κ1) is 10.7. The van der Waals surface area contributed by atoms with Crippen LogP contribution in [0, 0.1) is 0 Å². The molecule has 2 rings (SSSR count). The molecule has 15 heavy (non-hydrogen) atoms. The minimum Gasteiger partial charge on any atom is -0.315 e. The second-order valence-electron chi connectivity index (χ2n) is 3.30. The summed E-state index contributed by atoms with van der Waals surface area (Å²) in [5, 5.41) is 3.30. The summed E-state index contributed by atoms with van der Waals surface area (Å²) in [5.41, 5.74) is 0.601. The van der Waals surface area contributed by atoms with Gasteiger partial charge in [0, 0.05) is 17.1 Å². The Labute approximate surface area is 93.7 Å². The summed E-state index contributed by atoms with van der Waals surface area (Å²) < 4.78 is 23.9. The van der Waals surface area contributed by atoms with Crippen LogP contribution in [0.15, 0.2) is 28.0 Å². The van der Waals surface area contributed by atoms with E-state index in [-0.39, 0.29) is 0 Å². The maximum atomic E-state index is 12.0. The van der Waals surface area contributed by atoms with Gasteiger partial charge in [0.2, 0.25) is 9.84 Å². The van der Waals surface area contributed by atoms with Gasteiger partial charge in [0.15, 0.2) is 0 Å². The molecule has 1 N–H and O–H groups in total. The van der Waals surface area contributed by atoms with Crippen molar-refractivity contribution in [2.75, 3.05) is 13.6 Å². The fraction of sp³-hybridized carbons (Fsp3) is 0.200. The maximum absolute atomic E-state index is 12.0. The molecule has 0 atom stereocenters. The highest BCUT2D eigenvalue weighted by Crippen LogP contribution is 2.36. The molecule has 0 aromatic heterocycles. The molecule has 1 aromatic rings. The maximum Gasteiger partial charge on any atom is 0.204 e. The predicted molar refractivity (Wildman–Crippen MR) is 60.5 cm³/mol. The summed E-state index contributed by atoms with van der Waals surface area (Å²) in [5.74, 6) is 0. The molecule has 1 heterocycles. The number of fused-ring (bicyclic) bond motifs is 1. The molecule has 80 valence electrons. The average Bonchev–Trinajstić information content (AvgIpc) is 2.43. The van der Waals surface area contributed by atoms with E-state index in [9.17, 15) is 8.42 Å². The minimum absolute atomic E-state index is 0.306. The Balaban J connectivity index is 2.64. The van der Waals surface area contributed by atoms with E-state index < -0.39 is 9.84 Å². The molecule has 0 unspecified atom stereocenters. The highest BCUT2D eigenvalue weighted by atomic mass is 35.5. The summed E-state index contributed by atoms with van der Waals surface area (Å²) in [6.07, 6.45) is 1.63. The van der Waals surface area contributed by atoms with Crippen molar-refractivity contribution in [1.82, 2.24) is 5.32 Å². The molecule has 0 saturated carbocycles. The van der Waals surface area contributed by atoms with Gasteiger partial charge >= 0.3 is 0 Å². The van der Waals surface area contributed by atoms with E-state index in [4.69, 9.17) is 11.6 Å². The Morgan fingerprint density at radius 2 is 2.13 bits per heavy atom. The molecule has 0 radical (unpaired) electrons. The van der Waals surface area contributed by atoms with Crippen LogP contribution in [0.5, 0.6) is 0 Å². The molecule has 3 nitrogen and oxygen atoms in total. The number of halogens is 1. The lowest BCUT2D eigenvalue weighted by Crippen LogP contribution is -2.14. The van der Waals surface area contributed by atoms with Gasteiger partial charge < -0.3 is 5.32 Å². The number of benzene rings is 1. The molecular weight excluding hydrogens is 234 g/mol. The van der Waals surface area contributed by atoms with Crippen LogP contribution in [-0.2, 0) is 9.84 Å². The highest BCUT2D eigenvalue weighted by molar-refractivity contribution is 7.95. The first-order chi connectivity index (χ1) is 7.07. The molecule has 0 amide bonds. The molecule has 0 spiro atoms. The summed E-state index contributed by atoms with van der Waals surface area (Å²) in [6, 6.07) is 4.92. The minimum atomic E-state index is -3.32. The van der Waals surface area contributed by atoms with Crippen molar-refractivity contribution in [1.29, 1.82) is 0 Å². The van der Waals surface area contributed by atoms with Crippen molar-refractivity contribution in [3.05, 3.63) is 33.7 Å². The van der Waals surface area contributed by atoms with Gasteiger partial charge in [0.1, 0.15) is 0 Å². The zero-order valence-corrected chi connectivity index (χ0v) is 9.69. The quantitative estimate of drug-likeness (QED) is 0.860. The molecular formula is C10H10ClNO2S. The van der Waals surface area contributed by atoms with Crippen molar-refractivity contribution in [3.63, 3.8) is 0 Å². The lowest BCUT2D eigenvalue weighted by molar-refractivity contribution is 0.601. The van der Waals surface area contributed by atoms with Crippen molar-refractivity contribution in [2.24, 2.45) is 0 Å². The monoisotopic (exact) mass is 243 g/mol. The molecule has 1 aliphatic heterocycles. The van der Waals surface area contributed by atoms with Crippen molar-refractivity contribution < 1.29 is 8.42 Å². The molecule has 1 aliphatic rings. The molecule has 0 bridgehead atoms. The molecule has 0 fully saturated rings. The Hall–Kier alpha value is -0.840. The highest BCUT2D eigenvalue weighted by Gasteiger charge is 2.29. The van der Waals surface area contributed by atoms with Crippen LogP contribution in [0.3, 0.4) is 0 Å². The standard InChI is InChI=1S/C10H10ClNO2S/c1-12-6-7-5-8-9(11)3-2-4-10(8)15(7,13)14/h2-5,12H,6H2,1H3. The normalized spacial score (nSPS) is 17.3. The summed E-state index contributed by atoms with van der Waals surface area (Å²) in [7, 11) is -1.61. The first-order valence-corrected chi connectivity index (χ1v) is 6.32. The molecule has 0 saturated heterocycles. The van der Waals surface area contributed by atoms with E-state index in [1.165, 1.54) is 0 Å². The van der Waals surface area contributed by atoms with Crippen LogP contribution in [0.25, 0.3) is 6.08 Å². The fourth-order valence-corrected chi connectivity index (χ4v) is 3.48. The Morgan fingerprint density at radius 3 is 2.73 bits per heavy atom. The Morgan fingerprint density at radius 1 is 1.40 bits per heavy atom. The third-order valence-corrected chi connectivity index (χ3v) is 4.52. The third-order valence-electron chi connectivity index (χ3n) is 2.30. The van der Waals surface area contributed by atoms with Gasteiger partial charge in [-0.1, -0.05) is 17.7 Å². The van der Waals surface area contributed by atoms with Gasteiger partial charge in [-0.05, 0) is 25.3 Å². The first-order valence-electron chi connectivity index (χ1n) is 4.46. The molecule has 5 heteroatoms. The van der Waals surface area contributed by atoms with Gasteiger partial charge in [-0.3, -0.25) is 0 Å². The Bertz CT molecular complexity index is 534. The smallest absolute Gasteiger partial charge is 0.204 e. The topological polar surface area (TPSA) is 46.2 Å². The SMILES string of the molecule is CNCC1=Cc2c(Cl)cccc2S1(=O)=O. The van der Waals surface area contributed by atoms with Crippen LogP contribution < -0.4 is 5.32 Å². The van der Waals surface area contributed by atoms with Crippen LogP contribution in [0.2, 0.25) is 5.02 Å². The zero-order valence-electron chi connectivity index (χ0n) is 8.12. The van der Waals surface area contributed by atoms with Crippen LogP contribution >= 0.6 is 11.6 Å². The van der Waals surface area contributed by atoms with Crippen molar-refractivity contribution in [2.45, 2.75) is 4.90 Å². The van der Waals surface area contributed by atoms with Crippen molar-refractivity contribution in [3.8, 4) is 0 Å². The number of likely N-dealkylation sites (N-methyl/N-ethyl adjacent to an activating group) is 1. The fourth-order valence-electron chi connectivity index (χ4n) is 1.59. The third kappa shape index (κ3) is 1.58. The van der Waals surface area contributed by atoms with Gasteiger partial charge in [-0.2, -0.15) is 0 Å². The van der Waals surface area contributed by atoms with Crippen LogP contribution in [0.4, 0.5) is 0 Å². The predicted octanol–water partition coefficient (Wildman–Crippen LogP) is 1.69. The van der Waals surface area contributed by atoms with Crippen molar-refractivity contribution >= 4 is 27.5 Å². The number of hydrogen-bond donors (Lipinski definition) is 1. The van der Waals surface area contributed by atoms with Crippen LogP contribution in [-0.4, -0.2) is 22.0 Å². The van der Waals surface area contributed by atoms with Gasteiger partial charge in [0.25, 0.3) is 0 Å². The lowest BCUT2D eigenvalue weighted by Gasteiger charge is -2.02. The number of nitrogens with one attached hydrogen (secondary N) is 1. The van der Waals surface area contributed by atoms with Gasteiger partial charge in [-0.25, -0.2) is 8.42 Å². The number of rotatable bonds is 2. The van der Waals surface area contributed by atoms with E-state index in [1.54, 1.807) is 31.3 Å². The van der Waals surface area contributed by atoms with Gasteiger partial charge in [-0.15, -0.1) is 0 Å². The summed E-state index contributed by atoms with van der Waals surface area (Å²) in [6.45, 7) is 0.327. The lowest BCUT2D eigenvalue weighted by atomic mass is 10.2. The van der Waals surface area contributed by atoms with E-state index in [2.05, 4.69) is 5.32 Å². The zero-order chi connectivity index (χ0) is 11.1. The van der Waals surface area contributed by atoms with E-state index >= 15 is 0 Å². The number of sulfone groups is 1. The molecule has 1 aromatic carbocycles. The van der Waals surface area contributed by atoms with Crippen LogP contribution in [0.1, 0.15) is 5.56 Å². The van der Waals surface area contributed by atoms with E-state index in [0.717, 1.165) is 0 Å². The molecule has 0 aliphatic carbocycles. The van der Waals surface area contributed by atoms with Gasteiger partial charge in [0.05, 0.1) is 9.80 Å².